The van der Waals surface area contributed by atoms with E-state index in [1.54, 1.807) is 0 Å². The van der Waals surface area contributed by atoms with E-state index in [9.17, 15) is 9.59 Å². The topological polar surface area (TPSA) is 71.1 Å². The molecule has 0 saturated heterocycles. The lowest BCUT2D eigenvalue weighted by molar-refractivity contribution is -0.114. The highest BCUT2D eigenvalue weighted by Crippen LogP contribution is 2.28. The maximum Gasteiger partial charge on any atom is 0.271 e. The van der Waals surface area contributed by atoms with Crippen molar-refractivity contribution in [3.05, 3.63) is 34.8 Å². The summed E-state index contributed by atoms with van der Waals surface area (Å²) in [5.41, 5.74) is 2.15. The van der Waals surface area contributed by atoms with Crippen molar-refractivity contribution in [1.29, 1.82) is 0 Å². The summed E-state index contributed by atoms with van der Waals surface area (Å²) >= 11 is 1.49. The zero-order chi connectivity index (χ0) is 17.0. The molecule has 2 amide bonds. The van der Waals surface area contributed by atoms with Gasteiger partial charge in [0.25, 0.3) is 5.91 Å². The molecular formula is C17H21N3O2S. The van der Waals surface area contributed by atoms with Gasteiger partial charge in [0.05, 0.1) is 0 Å². The molecule has 0 aliphatic rings. The van der Waals surface area contributed by atoms with Gasteiger partial charge in [-0.15, -0.1) is 11.3 Å². The van der Waals surface area contributed by atoms with Gasteiger partial charge in [0.1, 0.15) is 10.7 Å². The summed E-state index contributed by atoms with van der Waals surface area (Å²) in [6.45, 7) is 7.38. The van der Waals surface area contributed by atoms with Crippen LogP contribution in [0.3, 0.4) is 0 Å². The minimum absolute atomic E-state index is 0.105. The third-order valence-electron chi connectivity index (χ3n) is 3.45. The van der Waals surface area contributed by atoms with Crippen molar-refractivity contribution < 1.29 is 9.59 Å². The molecule has 1 aromatic carbocycles. The summed E-state index contributed by atoms with van der Waals surface area (Å²) in [7, 11) is 0. The van der Waals surface area contributed by atoms with E-state index < -0.39 is 0 Å². The molecule has 23 heavy (non-hydrogen) atoms. The fourth-order valence-corrected chi connectivity index (χ4v) is 2.94. The van der Waals surface area contributed by atoms with Gasteiger partial charge in [-0.25, -0.2) is 4.98 Å². The van der Waals surface area contributed by atoms with Crippen LogP contribution in [0.15, 0.2) is 24.3 Å². The number of hydrogen-bond donors (Lipinski definition) is 2. The molecule has 6 heteroatoms. The van der Waals surface area contributed by atoms with Gasteiger partial charge in [0.15, 0.2) is 0 Å². The van der Waals surface area contributed by atoms with Gasteiger partial charge in [-0.1, -0.05) is 6.92 Å². The quantitative estimate of drug-likeness (QED) is 0.879. The van der Waals surface area contributed by atoms with Crippen molar-refractivity contribution in [3.8, 4) is 10.6 Å². The SMILES string of the molecule is CCC(C)NC(=O)c1nc(-c2ccc(NC(C)=O)cc2)sc1C. The van der Waals surface area contributed by atoms with Crippen molar-refractivity contribution in [2.24, 2.45) is 0 Å². The Morgan fingerprint density at radius 1 is 1.26 bits per heavy atom. The number of benzene rings is 1. The number of nitrogens with zero attached hydrogens (tertiary/aromatic N) is 1. The van der Waals surface area contributed by atoms with Gasteiger partial charge in [-0.05, 0) is 44.5 Å². The van der Waals surface area contributed by atoms with E-state index in [2.05, 4.69) is 15.6 Å². The highest BCUT2D eigenvalue weighted by Gasteiger charge is 2.17. The number of thiazole rings is 1. The summed E-state index contributed by atoms with van der Waals surface area (Å²) < 4.78 is 0. The number of hydrogen-bond acceptors (Lipinski definition) is 4. The molecule has 2 rings (SSSR count). The lowest BCUT2D eigenvalue weighted by Crippen LogP contribution is -2.32. The Hall–Kier alpha value is -2.21. The number of amides is 2. The fraction of sp³-hybridized carbons (Fsp3) is 0.353. The Kier molecular flexibility index (Phi) is 5.50. The van der Waals surface area contributed by atoms with Crippen LogP contribution in [0.25, 0.3) is 10.6 Å². The van der Waals surface area contributed by atoms with Crippen LogP contribution in [0.5, 0.6) is 0 Å². The van der Waals surface area contributed by atoms with Gasteiger partial charge in [0.2, 0.25) is 5.91 Å². The first-order chi connectivity index (χ1) is 10.9. The first kappa shape index (κ1) is 17.1. The Labute approximate surface area is 140 Å². The van der Waals surface area contributed by atoms with Gasteiger partial charge >= 0.3 is 0 Å². The zero-order valence-corrected chi connectivity index (χ0v) is 14.6. The molecule has 2 N–H and O–H groups in total. The van der Waals surface area contributed by atoms with Crippen molar-refractivity contribution in [1.82, 2.24) is 10.3 Å². The molecule has 1 heterocycles. The minimum Gasteiger partial charge on any atom is -0.348 e. The normalized spacial score (nSPS) is 11.8. The fourth-order valence-electron chi connectivity index (χ4n) is 2.02. The molecule has 0 bridgehead atoms. The van der Waals surface area contributed by atoms with E-state index >= 15 is 0 Å². The molecule has 1 atom stereocenters. The summed E-state index contributed by atoms with van der Waals surface area (Å²) in [5.74, 6) is -0.235. The monoisotopic (exact) mass is 331 g/mol. The van der Waals surface area contributed by atoms with Crippen LogP contribution in [0.4, 0.5) is 5.69 Å². The van der Waals surface area contributed by atoms with E-state index in [0.717, 1.165) is 27.6 Å². The summed E-state index contributed by atoms with van der Waals surface area (Å²) in [6, 6.07) is 7.56. The summed E-state index contributed by atoms with van der Waals surface area (Å²) in [5, 5.41) is 6.46. The van der Waals surface area contributed by atoms with Crippen molar-refractivity contribution in [2.45, 2.75) is 40.2 Å². The average molecular weight is 331 g/mol. The summed E-state index contributed by atoms with van der Waals surface area (Å²) in [4.78, 5) is 28.7. The maximum atomic E-state index is 12.2. The molecule has 1 aromatic heterocycles. The molecule has 0 spiro atoms. The van der Waals surface area contributed by atoms with Gasteiger partial charge < -0.3 is 10.6 Å². The molecule has 122 valence electrons. The number of aryl methyl sites for hydroxylation is 1. The largest absolute Gasteiger partial charge is 0.348 e. The van der Waals surface area contributed by atoms with Crippen LogP contribution >= 0.6 is 11.3 Å². The third kappa shape index (κ3) is 4.39. The van der Waals surface area contributed by atoms with Gasteiger partial charge in [-0.2, -0.15) is 0 Å². The third-order valence-corrected chi connectivity index (χ3v) is 4.47. The van der Waals surface area contributed by atoms with Gasteiger partial charge in [0, 0.05) is 29.1 Å². The number of carbonyl (C=O) groups excluding carboxylic acids is 2. The Bertz CT molecular complexity index is 707. The van der Waals surface area contributed by atoms with E-state index in [4.69, 9.17) is 0 Å². The Balaban J connectivity index is 2.20. The second kappa shape index (κ2) is 7.37. The van der Waals surface area contributed by atoms with Crippen molar-refractivity contribution in [2.75, 3.05) is 5.32 Å². The second-order valence-corrected chi connectivity index (χ2v) is 6.67. The van der Waals surface area contributed by atoms with Crippen molar-refractivity contribution in [3.63, 3.8) is 0 Å². The lowest BCUT2D eigenvalue weighted by Gasteiger charge is -2.09. The average Bonchev–Trinajstić information content (AvgIpc) is 2.89. The number of anilines is 1. The standard InChI is InChI=1S/C17H21N3O2S/c1-5-10(2)18-16(22)15-11(3)23-17(20-15)13-6-8-14(9-7-13)19-12(4)21/h6-10H,5H2,1-4H3,(H,18,22)(H,19,21). The van der Waals surface area contributed by atoms with Crippen LogP contribution in [0.1, 0.15) is 42.6 Å². The predicted molar refractivity (Wildman–Crippen MR) is 93.8 cm³/mol. The molecule has 5 nitrogen and oxygen atoms in total. The molecule has 0 aliphatic heterocycles. The predicted octanol–water partition coefficient (Wildman–Crippen LogP) is 3.61. The van der Waals surface area contributed by atoms with Crippen LogP contribution in [0.2, 0.25) is 0 Å². The first-order valence-electron chi connectivity index (χ1n) is 7.57. The second-order valence-electron chi connectivity index (χ2n) is 5.47. The van der Waals surface area contributed by atoms with E-state index in [0.29, 0.717) is 5.69 Å². The first-order valence-corrected chi connectivity index (χ1v) is 8.38. The molecule has 1 unspecified atom stereocenters. The van der Waals surface area contributed by atoms with Gasteiger partial charge in [-0.3, -0.25) is 9.59 Å². The smallest absolute Gasteiger partial charge is 0.271 e. The van der Waals surface area contributed by atoms with E-state index in [1.165, 1.54) is 18.3 Å². The molecule has 0 saturated carbocycles. The molecular weight excluding hydrogens is 310 g/mol. The van der Waals surface area contributed by atoms with E-state index in [1.807, 2.05) is 45.0 Å². The van der Waals surface area contributed by atoms with Crippen molar-refractivity contribution >= 4 is 28.8 Å². The Morgan fingerprint density at radius 3 is 2.48 bits per heavy atom. The van der Waals surface area contributed by atoms with Crippen LogP contribution in [-0.4, -0.2) is 22.8 Å². The minimum atomic E-state index is -0.130. The molecule has 0 fully saturated rings. The Morgan fingerprint density at radius 2 is 1.91 bits per heavy atom. The molecule has 2 aromatic rings. The number of aromatic nitrogens is 1. The molecule has 0 radical (unpaired) electrons. The highest BCUT2D eigenvalue weighted by atomic mass is 32.1. The van der Waals surface area contributed by atoms with Crippen LogP contribution in [-0.2, 0) is 4.79 Å². The number of nitrogens with one attached hydrogen (secondary N) is 2. The number of carbonyl (C=O) groups is 2. The lowest BCUT2D eigenvalue weighted by atomic mass is 10.2. The summed E-state index contributed by atoms with van der Waals surface area (Å²) in [6.07, 6.45) is 0.881. The molecule has 0 aliphatic carbocycles. The highest BCUT2D eigenvalue weighted by molar-refractivity contribution is 7.15. The maximum absolute atomic E-state index is 12.2. The number of rotatable bonds is 5. The van der Waals surface area contributed by atoms with Crippen LogP contribution in [0, 0.1) is 6.92 Å². The zero-order valence-electron chi connectivity index (χ0n) is 13.8. The van der Waals surface area contributed by atoms with Crippen LogP contribution < -0.4 is 10.6 Å². The van der Waals surface area contributed by atoms with E-state index in [-0.39, 0.29) is 17.9 Å².